The highest BCUT2D eigenvalue weighted by Crippen LogP contribution is 2.43. The molecule has 7 rings (SSSR count). The van der Waals surface area contributed by atoms with Crippen molar-refractivity contribution in [1.82, 2.24) is 0 Å². The van der Waals surface area contributed by atoms with Crippen molar-refractivity contribution in [1.29, 1.82) is 5.26 Å². The van der Waals surface area contributed by atoms with Gasteiger partial charge in [0.05, 0.1) is 22.9 Å². The Morgan fingerprint density at radius 2 is 1.41 bits per heavy atom. The van der Waals surface area contributed by atoms with Crippen LogP contribution in [0.3, 0.4) is 0 Å². The largest absolute Gasteiger partial charge is 0.301 e. The number of hydrogen-bond acceptors (Lipinski definition) is 5. The van der Waals surface area contributed by atoms with Crippen LogP contribution in [-0.4, -0.2) is 11.6 Å². The van der Waals surface area contributed by atoms with E-state index < -0.39 is 0 Å². The molecule has 5 aromatic carbocycles. The third kappa shape index (κ3) is 4.13. The van der Waals surface area contributed by atoms with Crippen molar-refractivity contribution in [3.8, 4) is 6.07 Å². The second kappa shape index (κ2) is 9.71. The maximum atomic E-state index is 13.4. The summed E-state index contributed by atoms with van der Waals surface area (Å²) < 4.78 is 0. The van der Waals surface area contributed by atoms with E-state index >= 15 is 0 Å². The third-order valence-corrected chi connectivity index (χ3v) is 8.59. The number of rotatable bonds is 4. The monoisotopic (exact) mass is 546 g/mol. The lowest BCUT2D eigenvalue weighted by Crippen LogP contribution is -2.09. The number of ketones is 2. The molecule has 0 radical (unpaired) electrons. The average Bonchev–Trinajstić information content (AvgIpc) is 3.56. The van der Waals surface area contributed by atoms with Crippen LogP contribution in [0.5, 0.6) is 0 Å². The zero-order valence-electron chi connectivity index (χ0n) is 22.1. The normalized spacial score (nSPS) is 12.5. The number of carbonyl (C=O) groups excluding carboxylic acids is 2. The van der Waals surface area contributed by atoms with E-state index in [1.54, 1.807) is 12.1 Å². The van der Waals surface area contributed by atoms with E-state index in [-0.39, 0.29) is 17.1 Å². The van der Waals surface area contributed by atoms with Crippen LogP contribution in [-0.2, 0) is 0 Å². The first-order valence-electron chi connectivity index (χ1n) is 13.2. The molecule has 4 nitrogen and oxygen atoms in total. The first-order valence-corrected chi connectivity index (χ1v) is 14.1. The summed E-state index contributed by atoms with van der Waals surface area (Å²) in [5.41, 5.74) is 4.67. The molecular weight excluding hydrogens is 524 g/mol. The lowest BCUT2D eigenvalue weighted by atomic mass is 10.0. The van der Waals surface area contributed by atoms with Gasteiger partial charge < -0.3 is 4.90 Å². The maximum absolute atomic E-state index is 13.4. The van der Waals surface area contributed by atoms with Gasteiger partial charge in [-0.05, 0) is 83.3 Å². The second-order valence-electron chi connectivity index (χ2n) is 10.1. The van der Waals surface area contributed by atoms with E-state index in [0.717, 1.165) is 42.8 Å². The number of thiophene rings is 1. The Hall–Kier alpha value is -5.31. The Balaban J connectivity index is 1.34. The number of nitrogens with zero attached hydrogens (tertiary/aromatic N) is 2. The van der Waals surface area contributed by atoms with Gasteiger partial charge in [-0.2, -0.15) is 5.26 Å². The SMILES string of the molecule is Cc1ccc(N(c2cccc(C#N)c2)c2ccc(C=C3C(=O)c4cc5ccccc5cc4C3=O)s2)c2ccccc12. The standard InChI is InChI=1S/C36H22N2O2S/c1-22-13-15-33(29-12-5-4-11-28(22)29)38(26-10-6-7-23(17-26)21-37)34-16-14-27(41-34)20-32-35(39)30-18-24-8-2-3-9-25(24)19-31(30)36(32)40/h2-20H,1H3. The number of benzene rings is 5. The molecule has 1 heterocycles. The average molecular weight is 547 g/mol. The molecule has 0 unspecified atom stereocenters. The van der Waals surface area contributed by atoms with Crippen molar-refractivity contribution in [3.05, 3.63) is 142 Å². The molecule has 0 aliphatic heterocycles. The van der Waals surface area contributed by atoms with E-state index in [1.165, 1.54) is 16.9 Å². The summed E-state index contributed by atoms with van der Waals surface area (Å²) in [5, 5.41) is 14.6. The molecule has 0 bridgehead atoms. The van der Waals surface area contributed by atoms with Crippen LogP contribution in [0, 0.1) is 18.3 Å². The molecule has 0 amide bonds. The Labute approximate surface area is 241 Å². The molecule has 0 atom stereocenters. The molecule has 1 aromatic heterocycles. The predicted molar refractivity (Wildman–Crippen MR) is 167 cm³/mol. The molecule has 6 aromatic rings. The van der Waals surface area contributed by atoms with Crippen molar-refractivity contribution < 1.29 is 9.59 Å². The molecule has 0 spiro atoms. The van der Waals surface area contributed by atoms with Gasteiger partial charge in [0.25, 0.3) is 0 Å². The number of hydrogen-bond donors (Lipinski definition) is 0. The predicted octanol–water partition coefficient (Wildman–Crippen LogP) is 9.17. The van der Waals surface area contributed by atoms with Gasteiger partial charge >= 0.3 is 0 Å². The number of nitriles is 1. The zero-order valence-corrected chi connectivity index (χ0v) is 22.9. The fraction of sp³-hybridized carbons (Fsp3) is 0.0278. The molecule has 0 fully saturated rings. The molecular formula is C36H22N2O2S. The van der Waals surface area contributed by atoms with Crippen LogP contribution in [0.2, 0.25) is 0 Å². The summed E-state index contributed by atoms with van der Waals surface area (Å²) in [4.78, 5) is 29.7. The van der Waals surface area contributed by atoms with Crippen LogP contribution in [0.25, 0.3) is 27.6 Å². The number of carbonyl (C=O) groups is 2. The van der Waals surface area contributed by atoms with E-state index in [9.17, 15) is 14.9 Å². The summed E-state index contributed by atoms with van der Waals surface area (Å²) in [6.45, 7) is 2.10. The zero-order chi connectivity index (χ0) is 28.1. The maximum Gasteiger partial charge on any atom is 0.197 e. The minimum atomic E-state index is -0.242. The Kier molecular flexibility index (Phi) is 5.85. The van der Waals surface area contributed by atoms with Gasteiger partial charge in [0.2, 0.25) is 0 Å². The topological polar surface area (TPSA) is 61.2 Å². The Bertz CT molecular complexity index is 2070. The van der Waals surface area contributed by atoms with Gasteiger partial charge in [0.1, 0.15) is 5.00 Å². The fourth-order valence-corrected chi connectivity index (χ4v) is 6.54. The second-order valence-corrected chi connectivity index (χ2v) is 11.2. The highest BCUT2D eigenvalue weighted by Gasteiger charge is 2.33. The van der Waals surface area contributed by atoms with Crippen molar-refractivity contribution in [3.63, 3.8) is 0 Å². The molecule has 1 aliphatic carbocycles. The quantitative estimate of drug-likeness (QED) is 0.163. The lowest BCUT2D eigenvalue weighted by molar-refractivity contribution is 0.0990. The minimum absolute atomic E-state index is 0.183. The van der Waals surface area contributed by atoms with E-state index in [0.29, 0.717) is 16.7 Å². The summed E-state index contributed by atoms with van der Waals surface area (Å²) >= 11 is 1.49. The molecule has 0 N–H and O–H groups in total. The van der Waals surface area contributed by atoms with Crippen LogP contribution in [0.1, 0.15) is 36.7 Å². The van der Waals surface area contributed by atoms with Gasteiger partial charge in [0.15, 0.2) is 11.6 Å². The molecule has 0 saturated heterocycles. The number of anilines is 3. The van der Waals surface area contributed by atoms with Gasteiger partial charge in [-0.3, -0.25) is 9.59 Å². The number of aryl methyl sites for hydroxylation is 1. The molecule has 1 aliphatic rings. The highest BCUT2D eigenvalue weighted by molar-refractivity contribution is 7.17. The van der Waals surface area contributed by atoms with Gasteiger partial charge in [-0.15, -0.1) is 11.3 Å². The van der Waals surface area contributed by atoms with Gasteiger partial charge in [-0.25, -0.2) is 0 Å². The van der Waals surface area contributed by atoms with Crippen LogP contribution in [0.4, 0.5) is 16.4 Å². The Morgan fingerprint density at radius 3 is 2.12 bits per heavy atom. The van der Waals surface area contributed by atoms with Crippen molar-refractivity contribution in [2.24, 2.45) is 0 Å². The number of Topliss-reactive ketones (excluding diaryl/α,β-unsaturated/α-hetero) is 2. The molecule has 194 valence electrons. The van der Waals surface area contributed by atoms with Crippen molar-refractivity contribution >= 4 is 66.9 Å². The first kappa shape index (κ1) is 24.7. The number of fused-ring (bicyclic) bond motifs is 3. The first-order chi connectivity index (χ1) is 20.0. The smallest absolute Gasteiger partial charge is 0.197 e. The van der Waals surface area contributed by atoms with Crippen LogP contribution < -0.4 is 4.90 Å². The van der Waals surface area contributed by atoms with Crippen LogP contribution >= 0.6 is 11.3 Å². The summed E-state index contributed by atoms with van der Waals surface area (Å²) in [6, 6.07) is 37.6. The molecule has 5 heteroatoms. The number of allylic oxidation sites excluding steroid dienone is 1. The fourth-order valence-electron chi connectivity index (χ4n) is 5.55. The lowest BCUT2D eigenvalue weighted by Gasteiger charge is -2.25. The Morgan fingerprint density at radius 1 is 0.732 bits per heavy atom. The van der Waals surface area contributed by atoms with Gasteiger partial charge in [0, 0.05) is 27.1 Å². The third-order valence-electron chi connectivity index (χ3n) is 7.58. The minimum Gasteiger partial charge on any atom is -0.301 e. The molecule has 41 heavy (non-hydrogen) atoms. The van der Waals surface area contributed by atoms with Crippen molar-refractivity contribution in [2.75, 3.05) is 4.90 Å². The van der Waals surface area contributed by atoms with E-state index in [1.807, 2.05) is 78.9 Å². The molecule has 0 saturated carbocycles. The highest BCUT2D eigenvalue weighted by atomic mass is 32.1. The van der Waals surface area contributed by atoms with E-state index in [4.69, 9.17) is 0 Å². The van der Waals surface area contributed by atoms with Gasteiger partial charge in [-0.1, -0.05) is 60.7 Å². The summed E-state index contributed by atoms with van der Waals surface area (Å²) in [7, 11) is 0. The van der Waals surface area contributed by atoms with Crippen LogP contribution in [0.15, 0.2) is 115 Å². The summed E-state index contributed by atoms with van der Waals surface area (Å²) in [5.74, 6) is -0.484. The summed E-state index contributed by atoms with van der Waals surface area (Å²) in [6.07, 6.45) is 1.71. The van der Waals surface area contributed by atoms with E-state index in [2.05, 4.69) is 42.2 Å². The van der Waals surface area contributed by atoms with Crippen molar-refractivity contribution in [2.45, 2.75) is 6.92 Å².